The predicted octanol–water partition coefficient (Wildman–Crippen LogP) is 11.5. The van der Waals surface area contributed by atoms with Crippen molar-refractivity contribution in [3.63, 3.8) is 0 Å². The SMILES string of the molecule is C/C=C/c1ccc(C)c2c1C1c3ccccc3C2c2c(OCCCCCCCC)ccc(OCCCCCCCC)c21. The van der Waals surface area contributed by atoms with E-state index in [2.05, 4.69) is 88.4 Å². The van der Waals surface area contributed by atoms with E-state index in [4.69, 9.17) is 9.47 Å². The van der Waals surface area contributed by atoms with Gasteiger partial charge in [-0.05, 0) is 72.2 Å². The molecule has 0 fully saturated rings. The maximum absolute atomic E-state index is 6.69. The van der Waals surface area contributed by atoms with Gasteiger partial charge in [-0.25, -0.2) is 0 Å². The Morgan fingerprint density at radius 1 is 0.571 bits per heavy atom. The normalized spacial score (nSPS) is 16.4. The van der Waals surface area contributed by atoms with Crippen molar-refractivity contribution in [2.45, 2.75) is 117 Å². The smallest absolute Gasteiger partial charge is 0.124 e. The van der Waals surface area contributed by atoms with Crippen LogP contribution in [-0.4, -0.2) is 13.2 Å². The molecule has 2 unspecified atom stereocenters. The topological polar surface area (TPSA) is 18.5 Å². The van der Waals surface area contributed by atoms with Crippen molar-refractivity contribution in [3.05, 3.63) is 99.1 Å². The van der Waals surface area contributed by atoms with E-state index >= 15 is 0 Å². The van der Waals surface area contributed by atoms with Gasteiger partial charge in [0.15, 0.2) is 0 Å². The minimum atomic E-state index is 0.152. The van der Waals surface area contributed by atoms with Crippen LogP contribution >= 0.6 is 0 Å². The molecule has 0 radical (unpaired) electrons. The fourth-order valence-corrected chi connectivity index (χ4v) is 7.31. The second kappa shape index (κ2) is 14.9. The molecule has 6 rings (SSSR count). The number of benzene rings is 3. The second-order valence-electron chi connectivity index (χ2n) is 12.4. The summed E-state index contributed by atoms with van der Waals surface area (Å²) in [4.78, 5) is 0. The third-order valence-electron chi connectivity index (χ3n) is 9.38. The molecule has 3 aromatic carbocycles. The number of rotatable bonds is 17. The summed E-state index contributed by atoms with van der Waals surface area (Å²) in [7, 11) is 0. The maximum atomic E-state index is 6.69. The first-order valence-electron chi connectivity index (χ1n) is 17.0. The molecule has 224 valence electrons. The van der Waals surface area contributed by atoms with Gasteiger partial charge in [0.05, 0.1) is 13.2 Å². The average molecular weight is 565 g/mol. The summed E-state index contributed by atoms with van der Waals surface area (Å²) in [5.41, 5.74) is 11.2. The first-order valence-corrected chi connectivity index (χ1v) is 17.0. The zero-order valence-corrected chi connectivity index (χ0v) is 26.6. The molecule has 0 aliphatic heterocycles. The highest BCUT2D eigenvalue weighted by Gasteiger charge is 2.46. The van der Waals surface area contributed by atoms with Crippen LogP contribution in [0.3, 0.4) is 0 Å². The quantitative estimate of drug-likeness (QED) is 0.105. The van der Waals surface area contributed by atoms with Crippen molar-refractivity contribution in [1.82, 2.24) is 0 Å². The van der Waals surface area contributed by atoms with E-state index in [0.717, 1.165) is 37.6 Å². The van der Waals surface area contributed by atoms with Gasteiger partial charge in [-0.1, -0.05) is 127 Å². The third kappa shape index (κ3) is 6.34. The summed E-state index contributed by atoms with van der Waals surface area (Å²) in [6.45, 7) is 10.5. The summed E-state index contributed by atoms with van der Waals surface area (Å²) in [6.07, 6.45) is 19.7. The van der Waals surface area contributed by atoms with Gasteiger partial charge in [-0.3, -0.25) is 0 Å². The standard InChI is InChI=1S/C40H52O2/c1-5-8-10-12-14-18-27-41-33-25-26-34(42-28-19-15-13-11-9-6-2)40-38-32-22-17-16-21-31(32)37(39(33)40)35-29(4)23-24-30(20-7-3)36(35)38/h7,16-17,20-26,37-38H,5-6,8-15,18-19,27-28H2,1-4H3/b20-7+. The van der Waals surface area contributed by atoms with E-state index in [0.29, 0.717) is 0 Å². The van der Waals surface area contributed by atoms with Crippen LogP contribution in [0, 0.1) is 6.92 Å². The van der Waals surface area contributed by atoms with E-state index in [1.54, 1.807) is 0 Å². The molecule has 3 aliphatic carbocycles. The fraction of sp³-hybridized carbons (Fsp3) is 0.500. The van der Waals surface area contributed by atoms with E-state index in [9.17, 15) is 0 Å². The second-order valence-corrected chi connectivity index (χ2v) is 12.4. The van der Waals surface area contributed by atoms with Crippen LogP contribution in [0.4, 0.5) is 0 Å². The minimum absolute atomic E-state index is 0.152. The number of hydrogen-bond donors (Lipinski definition) is 0. The third-order valence-corrected chi connectivity index (χ3v) is 9.38. The van der Waals surface area contributed by atoms with Crippen molar-refractivity contribution < 1.29 is 9.47 Å². The van der Waals surface area contributed by atoms with Crippen LogP contribution in [-0.2, 0) is 0 Å². The molecule has 3 aliphatic rings. The van der Waals surface area contributed by atoms with Crippen LogP contribution < -0.4 is 9.47 Å². The monoisotopic (exact) mass is 564 g/mol. The van der Waals surface area contributed by atoms with E-state index in [-0.39, 0.29) is 11.8 Å². The Kier molecular flexibility index (Phi) is 10.8. The molecule has 2 bridgehead atoms. The lowest BCUT2D eigenvalue weighted by molar-refractivity contribution is 0.289. The lowest BCUT2D eigenvalue weighted by Crippen LogP contribution is -2.30. The molecule has 2 nitrogen and oxygen atoms in total. The zero-order valence-electron chi connectivity index (χ0n) is 26.6. The molecule has 42 heavy (non-hydrogen) atoms. The molecule has 3 aromatic rings. The van der Waals surface area contributed by atoms with Gasteiger partial charge in [0.25, 0.3) is 0 Å². The molecule has 0 saturated carbocycles. The van der Waals surface area contributed by atoms with Crippen molar-refractivity contribution in [1.29, 1.82) is 0 Å². The Morgan fingerprint density at radius 3 is 1.60 bits per heavy atom. The minimum Gasteiger partial charge on any atom is -0.493 e. The Morgan fingerprint density at radius 2 is 1.07 bits per heavy atom. The summed E-state index contributed by atoms with van der Waals surface area (Å²) in [5.74, 6) is 2.42. The Bertz CT molecular complexity index is 1350. The van der Waals surface area contributed by atoms with Crippen molar-refractivity contribution in [3.8, 4) is 11.5 Å². The van der Waals surface area contributed by atoms with Gasteiger partial charge in [-0.15, -0.1) is 0 Å². The van der Waals surface area contributed by atoms with Gasteiger partial charge in [0, 0.05) is 23.0 Å². The molecular formula is C40H52O2. The van der Waals surface area contributed by atoms with Crippen molar-refractivity contribution in [2.24, 2.45) is 0 Å². The Labute approximate surface area is 255 Å². The molecular weight excluding hydrogens is 512 g/mol. The van der Waals surface area contributed by atoms with E-state index in [1.807, 2.05) is 0 Å². The maximum Gasteiger partial charge on any atom is 0.124 e. The predicted molar refractivity (Wildman–Crippen MR) is 178 cm³/mol. The summed E-state index contributed by atoms with van der Waals surface area (Å²) < 4.78 is 13.4. The first kappa shape index (κ1) is 30.5. The molecule has 0 aromatic heterocycles. The van der Waals surface area contributed by atoms with E-state index in [1.165, 1.54) is 109 Å². The molecule has 0 heterocycles. The highest BCUT2D eigenvalue weighted by molar-refractivity contribution is 5.77. The van der Waals surface area contributed by atoms with Gasteiger partial charge in [0.2, 0.25) is 0 Å². The highest BCUT2D eigenvalue weighted by atomic mass is 16.5. The van der Waals surface area contributed by atoms with Crippen molar-refractivity contribution in [2.75, 3.05) is 13.2 Å². The van der Waals surface area contributed by atoms with E-state index < -0.39 is 0 Å². The van der Waals surface area contributed by atoms with Crippen molar-refractivity contribution >= 4 is 6.08 Å². The summed E-state index contributed by atoms with van der Waals surface area (Å²) >= 11 is 0. The Balaban J connectivity index is 1.51. The van der Waals surface area contributed by atoms with Gasteiger partial charge >= 0.3 is 0 Å². The van der Waals surface area contributed by atoms with Crippen LogP contribution in [0.1, 0.15) is 154 Å². The molecule has 2 heteroatoms. The summed E-state index contributed by atoms with van der Waals surface area (Å²) in [6, 6.07) is 18.2. The first-order chi connectivity index (χ1) is 20.7. The van der Waals surface area contributed by atoms with Crippen LogP contribution in [0.5, 0.6) is 11.5 Å². The largest absolute Gasteiger partial charge is 0.493 e. The molecule has 0 saturated heterocycles. The molecule has 0 spiro atoms. The van der Waals surface area contributed by atoms with Crippen LogP contribution in [0.2, 0.25) is 0 Å². The molecule has 0 N–H and O–H groups in total. The lowest BCUT2D eigenvalue weighted by atomic mass is 9.59. The van der Waals surface area contributed by atoms with Crippen LogP contribution in [0.15, 0.2) is 54.6 Å². The fourth-order valence-electron chi connectivity index (χ4n) is 7.31. The molecule has 0 amide bonds. The van der Waals surface area contributed by atoms with Gasteiger partial charge in [0.1, 0.15) is 11.5 Å². The Hall–Kier alpha value is -3.00. The lowest BCUT2D eigenvalue weighted by Gasteiger charge is -2.45. The number of unbranched alkanes of at least 4 members (excludes halogenated alkanes) is 10. The zero-order chi connectivity index (χ0) is 29.3. The number of allylic oxidation sites excluding steroid dienone is 1. The average Bonchev–Trinajstić information content (AvgIpc) is 3.01. The molecule has 2 atom stereocenters. The summed E-state index contributed by atoms with van der Waals surface area (Å²) in [5, 5.41) is 0. The number of aryl methyl sites for hydroxylation is 1. The van der Waals surface area contributed by atoms with Crippen LogP contribution in [0.25, 0.3) is 6.08 Å². The number of ether oxygens (including phenoxy) is 2. The van der Waals surface area contributed by atoms with Gasteiger partial charge in [-0.2, -0.15) is 0 Å². The highest BCUT2D eigenvalue weighted by Crippen LogP contribution is 2.61. The number of hydrogen-bond acceptors (Lipinski definition) is 2. The van der Waals surface area contributed by atoms with Gasteiger partial charge < -0.3 is 9.47 Å².